The van der Waals surface area contributed by atoms with Crippen molar-refractivity contribution in [2.45, 2.75) is 6.92 Å². The molecule has 6 heteroatoms. The van der Waals surface area contributed by atoms with Crippen molar-refractivity contribution in [1.82, 2.24) is 10.2 Å². The van der Waals surface area contributed by atoms with Crippen molar-refractivity contribution in [2.75, 3.05) is 33.9 Å². The van der Waals surface area contributed by atoms with Crippen LogP contribution in [0.1, 0.15) is 6.92 Å². The van der Waals surface area contributed by atoms with Gasteiger partial charge in [-0.05, 0) is 31.2 Å². The topological polar surface area (TPSA) is 67.9 Å². The quantitative estimate of drug-likeness (QED) is 0.797. The summed E-state index contributed by atoms with van der Waals surface area (Å²) in [4.78, 5) is 24.2. The van der Waals surface area contributed by atoms with Crippen LogP contribution in [0.5, 0.6) is 11.5 Å². The molecule has 0 fully saturated rings. The molecule has 0 aromatic heterocycles. The van der Waals surface area contributed by atoms with E-state index in [1.165, 1.54) is 4.90 Å². The van der Waals surface area contributed by atoms with Crippen LogP contribution in [0.15, 0.2) is 24.3 Å². The molecule has 110 valence electrons. The van der Waals surface area contributed by atoms with E-state index >= 15 is 0 Å². The summed E-state index contributed by atoms with van der Waals surface area (Å²) in [6, 6.07) is 6.99. The third kappa shape index (κ3) is 5.60. The zero-order valence-electron chi connectivity index (χ0n) is 12.0. The number of hydrogen-bond acceptors (Lipinski definition) is 4. The number of likely N-dealkylation sites (N-methyl/N-ethyl adjacent to an activating group) is 1. The highest BCUT2D eigenvalue weighted by atomic mass is 16.5. The molecule has 0 bridgehead atoms. The molecule has 1 aromatic carbocycles. The van der Waals surface area contributed by atoms with Crippen molar-refractivity contribution in [1.29, 1.82) is 0 Å². The Morgan fingerprint density at radius 2 is 1.65 bits per heavy atom. The summed E-state index contributed by atoms with van der Waals surface area (Å²) in [5, 5.41) is 2.49. The fourth-order valence-electron chi connectivity index (χ4n) is 1.33. The Morgan fingerprint density at radius 1 is 1.10 bits per heavy atom. The summed E-state index contributed by atoms with van der Waals surface area (Å²) in [6.45, 7) is 2.35. The molecule has 20 heavy (non-hydrogen) atoms. The normalized spacial score (nSPS) is 9.75. The van der Waals surface area contributed by atoms with Crippen LogP contribution in [0.4, 0.5) is 0 Å². The number of ether oxygens (including phenoxy) is 2. The second-order valence-electron chi connectivity index (χ2n) is 4.26. The van der Waals surface area contributed by atoms with Crippen molar-refractivity contribution in [3.63, 3.8) is 0 Å². The predicted octanol–water partition coefficient (Wildman–Crippen LogP) is 0.668. The van der Waals surface area contributed by atoms with Crippen molar-refractivity contribution < 1.29 is 19.1 Å². The molecular weight excluding hydrogens is 260 g/mol. The van der Waals surface area contributed by atoms with Gasteiger partial charge in [0.1, 0.15) is 11.5 Å². The van der Waals surface area contributed by atoms with Gasteiger partial charge in [0.25, 0.3) is 5.91 Å². The van der Waals surface area contributed by atoms with Gasteiger partial charge in [-0.3, -0.25) is 9.59 Å². The van der Waals surface area contributed by atoms with Crippen LogP contribution < -0.4 is 14.8 Å². The molecule has 6 nitrogen and oxygen atoms in total. The van der Waals surface area contributed by atoms with Crippen LogP contribution in [-0.4, -0.2) is 50.6 Å². The highest BCUT2D eigenvalue weighted by Crippen LogP contribution is 2.17. The minimum Gasteiger partial charge on any atom is -0.494 e. The van der Waals surface area contributed by atoms with Crippen molar-refractivity contribution in [2.24, 2.45) is 0 Å². The lowest BCUT2D eigenvalue weighted by molar-refractivity contribution is -0.131. The Bertz CT molecular complexity index is 443. The molecule has 0 aliphatic carbocycles. The van der Waals surface area contributed by atoms with E-state index in [9.17, 15) is 9.59 Å². The van der Waals surface area contributed by atoms with Crippen molar-refractivity contribution >= 4 is 11.8 Å². The summed E-state index contributed by atoms with van der Waals surface area (Å²) in [7, 11) is 3.26. The first-order valence-electron chi connectivity index (χ1n) is 6.35. The summed E-state index contributed by atoms with van der Waals surface area (Å²) >= 11 is 0. The Labute approximate surface area is 118 Å². The van der Waals surface area contributed by atoms with E-state index in [0.717, 1.165) is 5.75 Å². The van der Waals surface area contributed by atoms with Crippen LogP contribution in [0.2, 0.25) is 0 Å². The predicted molar refractivity (Wildman–Crippen MR) is 74.8 cm³/mol. The van der Waals surface area contributed by atoms with Gasteiger partial charge < -0.3 is 19.7 Å². The number of amides is 2. The van der Waals surface area contributed by atoms with E-state index in [0.29, 0.717) is 12.4 Å². The average molecular weight is 280 g/mol. The van der Waals surface area contributed by atoms with Gasteiger partial charge in [0.05, 0.1) is 13.2 Å². The van der Waals surface area contributed by atoms with E-state index in [2.05, 4.69) is 5.32 Å². The molecular formula is C14H20N2O4. The lowest BCUT2D eigenvalue weighted by Gasteiger charge is -2.11. The minimum absolute atomic E-state index is 0.0293. The summed E-state index contributed by atoms with van der Waals surface area (Å²) in [5.74, 6) is 0.817. The summed E-state index contributed by atoms with van der Waals surface area (Å²) in [6.07, 6.45) is 0. The molecule has 0 unspecified atom stereocenters. The summed E-state index contributed by atoms with van der Waals surface area (Å²) < 4.78 is 10.6. The van der Waals surface area contributed by atoms with E-state index in [-0.39, 0.29) is 25.0 Å². The molecule has 1 N–H and O–H groups in total. The molecule has 0 saturated heterocycles. The molecule has 1 rings (SSSR count). The number of nitrogens with zero attached hydrogens (tertiary/aromatic N) is 1. The monoisotopic (exact) mass is 280 g/mol. The highest BCUT2D eigenvalue weighted by molar-refractivity contribution is 5.85. The number of nitrogens with one attached hydrogen (secondary N) is 1. The smallest absolute Gasteiger partial charge is 0.258 e. The number of benzene rings is 1. The van der Waals surface area contributed by atoms with Gasteiger partial charge in [-0.1, -0.05) is 0 Å². The first kappa shape index (κ1) is 15.8. The van der Waals surface area contributed by atoms with Crippen molar-refractivity contribution in [3.05, 3.63) is 24.3 Å². The van der Waals surface area contributed by atoms with E-state index < -0.39 is 0 Å². The van der Waals surface area contributed by atoms with E-state index in [1.54, 1.807) is 38.4 Å². The van der Waals surface area contributed by atoms with Gasteiger partial charge in [-0.2, -0.15) is 0 Å². The number of carbonyl (C=O) groups is 2. The fraction of sp³-hybridized carbons (Fsp3) is 0.429. The van der Waals surface area contributed by atoms with Crippen LogP contribution >= 0.6 is 0 Å². The molecule has 0 aliphatic rings. The Morgan fingerprint density at radius 3 is 2.15 bits per heavy atom. The first-order valence-corrected chi connectivity index (χ1v) is 6.35. The molecule has 1 aromatic rings. The van der Waals surface area contributed by atoms with Crippen LogP contribution in [0.25, 0.3) is 0 Å². The Kier molecular flexibility index (Phi) is 6.36. The second-order valence-corrected chi connectivity index (χ2v) is 4.26. The standard InChI is InChI=1S/C14H20N2O4/c1-4-19-11-5-7-12(8-6-11)20-10-13(17)15-9-14(18)16(2)3/h5-8H,4,9-10H2,1-3H3,(H,15,17). The lowest BCUT2D eigenvalue weighted by Crippen LogP contribution is -2.38. The van der Waals surface area contributed by atoms with Gasteiger partial charge in [-0.25, -0.2) is 0 Å². The Hall–Kier alpha value is -2.24. The first-order chi connectivity index (χ1) is 9.52. The van der Waals surface area contributed by atoms with Gasteiger partial charge in [0, 0.05) is 14.1 Å². The molecule has 2 amide bonds. The minimum atomic E-state index is -0.339. The summed E-state index contributed by atoms with van der Waals surface area (Å²) in [5.41, 5.74) is 0. The maximum absolute atomic E-state index is 11.5. The molecule has 0 aliphatic heterocycles. The third-order valence-corrected chi connectivity index (χ3v) is 2.44. The second kappa shape index (κ2) is 8.04. The third-order valence-electron chi connectivity index (χ3n) is 2.44. The van der Waals surface area contributed by atoms with Gasteiger partial charge in [-0.15, -0.1) is 0 Å². The van der Waals surface area contributed by atoms with Crippen LogP contribution in [-0.2, 0) is 9.59 Å². The number of rotatable bonds is 7. The number of hydrogen-bond donors (Lipinski definition) is 1. The molecule has 0 radical (unpaired) electrons. The van der Waals surface area contributed by atoms with E-state index in [4.69, 9.17) is 9.47 Å². The van der Waals surface area contributed by atoms with Crippen LogP contribution in [0.3, 0.4) is 0 Å². The highest BCUT2D eigenvalue weighted by Gasteiger charge is 2.07. The molecule has 0 spiro atoms. The van der Waals surface area contributed by atoms with Gasteiger partial charge in [0.2, 0.25) is 5.91 Å². The fourth-order valence-corrected chi connectivity index (χ4v) is 1.33. The largest absolute Gasteiger partial charge is 0.494 e. The average Bonchev–Trinajstić information content (AvgIpc) is 2.44. The maximum atomic E-state index is 11.5. The lowest BCUT2D eigenvalue weighted by atomic mass is 10.3. The Balaban J connectivity index is 2.31. The molecule has 0 heterocycles. The van der Waals surface area contributed by atoms with Crippen molar-refractivity contribution in [3.8, 4) is 11.5 Å². The zero-order chi connectivity index (χ0) is 15.0. The van der Waals surface area contributed by atoms with E-state index in [1.807, 2.05) is 6.92 Å². The molecule has 0 atom stereocenters. The zero-order valence-corrected chi connectivity index (χ0v) is 12.0. The SMILES string of the molecule is CCOc1ccc(OCC(=O)NCC(=O)N(C)C)cc1. The van der Waals surface area contributed by atoms with Crippen LogP contribution in [0, 0.1) is 0 Å². The number of carbonyl (C=O) groups excluding carboxylic acids is 2. The maximum Gasteiger partial charge on any atom is 0.258 e. The molecule has 0 saturated carbocycles. The van der Waals surface area contributed by atoms with Gasteiger partial charge in [0.15, 0.2) is 6.61 Å². The van der Waals surface area contributed by atoms with Gasteiger partial charge >= 0.3 is 0 Å².